The molecule has 0 unspecified atom stereocenters. The van der Waals surface area contributed by atoms with Crippen molar-refractivity contribution in [1.29, 1.82) is 0 Å². The Balaban J connectivity index is 1.95. The van der Waals surface area contributed by atoms with Gasteiger partial charge in [0.15, 0.2) is 5.96 Å². The maximum Gasteiger partial charge on any atom is 0.511 e. The Hall–Kier alpha value is -2.34. The van der Waals surface area contributed by atoms with Crippen LogP contribution in [0.15, 0.2) is 29.3 Å². The highest BCUT2D eigenvalue weighted by Crippen LogP contribution is 2.28. The lowest BCUT2D eigenvalue weighted by molar-refractivity contribution is -0.0494. The zero-order chi connectivity index (χ0) is 22.4. The molecule has 12 heteroatoms. The molecule has 1 aromatic rings. The number of hydrogen-bond acceptors (Lipinski definition) is 4. The second-order valence-electron chi connectivity index (χ2n) is 6.74. The maximum atomic E-state index is 12.7. The Kier molecular flexibility index (Phi) is 8.07. The average molecular weight is 449 g/mol. The number of sulfonamides is 1. The van der Waals surface area contributed by atoms with E-state index in [4.69, 9.17) is 0 Å². The number of carbonyl (C=O) groups is 1. The van der Waals surface area contributed by atoms with Crippen molar-refractivity contribution < 1.29 is 26.4 Å². The topological polar surface area (TPSA) is 103 Å². The lowest BCUT2D eigenvalue weighted by atomic mass is 10.1. The summed E-state index contributed by atoms with van der Waals surface area (Å²) in [5.41, 5.74) is -3.86. The fourth-order valence-electron chi connectivity index (χ4n) is 2.98. The number of halogens is 3. The summed E-state index contributed by atoms with van der Waals surface area (Å²) in [5, 5.41) is 8.76. The molecular formula is C18H26F3N5O3S. The van der Waals surface area contributed by atoms with Crippen molar-refractivity contribution in [2.45, 2.75) is 37.9 Å². The van der Waals surface area contributed by atoms with Crippen LogP contribution in [0.1, 0.15) is 35.7 Å². The average Bonchev–Trinajstić information content (AvgIpc) is 2.71. The van der Waals surface area contributed by atoms with Gasteiger partial charge in [-0.15, -0.1) is 0 Å². The Morgan fingerprint density at radius 2 is 1.80 bits per heavy atom. The number of aliphatic imine (C=N–C) groups is 1. The van der Waals surface area contributed by atoms with Crippen LogP contribution in [0.25, 0.3) is 0 Å². The van der Waals surface area contributed by atoms with Crippen LogP contribution in [0.5, 0.6) is 0 Å². The molecule has 0 aliphatic carbocycles. The van der Waals surface area contributed by atoms with Crippen molar-refractivity contribution in [3.8, 4) is 0 Å². The predicted octanol–water partition coefficient (Wildman–Crippen LogP) is 1.42. The van der Waals surface area contributed by atoms with Crippen LogP contribution in [0, 0.1) is 0 Å². The molecule has 1 aliphatic rings. The van der Waals surface area contributed by atoms with E-state index in [1.54, 1.807) is 31.3 Å². The molecule has 168 valence electrons. The van der Waals surface area contributed by atoms with Crippen LogP contribution in [-0.4, -0.2) is 62.8 Å². The van der Waals surface area contributed by atoms with Gasteiger partial charge < -0.3 is 16.0 Å². The first-order valence-electron chi connectivity index (χ1n) is 9.50. The molecule has 1 aromatic carbocycles. The number of hydrogen-bond donors (Lipinski definition) is 3. The van der Waals surface area contributed by atoms with E-state index in [0.717, 1.165) is 5.56 Å². The number of nitrogens with zero attached hydrogens (tertiary/aromatic N) is 2. The fraction of sp³-hybridized carbons (Fsp3) is 0.556. The van der Waals surface area contributed by atoms with E-state index < -0.39 is 15.5 Å². The zero-order valence-electron chi connectivity index (χ0n) is 16.8. The van der Waals surface area contributed by atoms with Gasteiger partial charge in [0.05, 0.1) is 6.54 Å². The lowest BCUT2D eigenvalue weighted by Crippen LogP contribution is -2.51. The summed E-state index contributed by atoms with van der Waals surface area (Å²) >= 11 is 0. The van der Waals surface area contributed by atoms with Gasteiger partial charge in [0.1, 0.15) is 0 Å². The molecule has 30 heavy (non-hydrogen) atoms. The minimum Gasteiger partial charge on any atom is -0.357 e. The van der Waals surface area contributed by atoms with Crippen LogP contribution in [0.3, 0.4) is 0 Å². The quantitative estimate of drug-likeness (QED) is 0.450. The third kappa shape index (κ3) is 6.08. The normalized spacial score (nSPS) is 16.9. The SMILES string of the molecule is CCNC(=NCc1ccc(C(=O)NC)cc1)NC1CCN(S(=O)(=O)C(F)(F)F)CC1. The second kappa shape index (κ2) is 10.1. The Bertz CT molecular complexity index is 849. The molecule has 1 saturated heterocycles. The molecule has 8 nitrogen and oxygen atoms in total. The number of benzene rings is 1. The summed E-state index contributed by atoms with van der Waals surface area (Å²) in [5.74, 6) is 0.309. The van der Waals surface area contributed by atoms with E-state index in [0.29, 0.717) is 28.9 Å². The number of piperidine rings is 1. The van der Waals surface area contributed by atoms with E-state index >= 15 is 0 Å². The second-order valence-corrected chi connectivity index (χ2v) is 8.67. The molecule has 0 atom stereocenters. The summed E-state index contributed by atoms with van der Waals surface area (Å²) in [6.45, 7) is 2.39. The van der Waals surface area contributed by atoms with Crippen LogP contribution in [0.2, 0.25) is 0 Å². The summed E-state index contributed by atoms with van der Waals surface area (Å²) in [4.78, 5) is 16.0. The predicted molar refractivity (Wildman–Crippen MR) is 107 cm³/mol. The molecule has 0 saturated carbocycles. The minimum atomic E-state index is -5.29. The molecule has 0 bridgehead atoms. The first kappa shape index (κ1) is 23.9. The number of carbonyl (C=O) groups excluding carboxylic acids is 1. The highest BCUT2D eigenvalue weighted by molar-refractivity contribution is 7.90. The lowest BCUT2D eigenvalue weighted by Gasteiger charge is -2.32. The molecule has 1 amide bonds. The van der Waals surface area contributed by atoms with Gasteiger partial charge in [-0.3, -0.25) is 4.79 Å². The molecule has 0 radical (unpaired) electrons. The van der Waals surface area contributed by atoms with Crippen molar-refractivity contribution in [3.63, 3.8) is 0 Å². The molecule has 1 heterocycles. The summed E-state index contributed by atoms with van der Waals surface area (Å²) in [6.07, 6.45) is 0.473. The number of guanidine groups is 1. The number of amides is 1. The Morgan fingerprint density at radius 1 is 1.20 bits per heavy atom. The molecule has 1 fully saturated rings. The number of alkyl halides is 3. The van der Waals surface area contributed by atoms with Gasteiger partial charge in [-0.05, 0) is 37.5 Å². The van der Waals surface area contributed by atoms with Crippen molar-refractivity contribution >= 4 is 21.9 Å². The van der Waals surface area contributed by atoms with Crippen molar-refractivity contribution in [2.75, 3.05) is 26.7 Å². The van der Waals surface area contributed by atoms with E-state index in [9.17, 15) is 26.4 Å². The van der Waals surface area contributed by atoms with Crippen LogP contribution >= 0.6 is 0 Å². The standard InChI is InChI=1S/C18H26F3N5O3S/c1-3-23-17(24-12-13-4-6-14(7-5-13)16(27)22-2)25-15-8-10-26(11-9-15)30(28,29)18(19,20)21/h4-7,15H,3,8-12H2,1-2H3,(H,22,27)(H2,23,24,25). The first-order valence-corrected chi connectivity index (χ1v) is 10.9. The Labute approximate surface area is 174 Å². The van der Waals surface area contributed by atoms with Crippen LogP contribution in [-0.2, 0) is 16.6 Å². The van der Waals surface area contributed by atoms with E-state index in [2.05, 4.69) is 20.9 Å². The van der Waals surface area contributed by atoms with Gasteiger partial charge in [-0.25, -0.2) is 13.4 Å². The van der Waals surface area contributed by atoms with Gasteiger partial charge in [-0.2, -0.15) is 17.5 Å². The maximum absolute atomic E-state index is 12.7. The summed E-state index contributed by atoms with van der Waals surface area (Å²) in [6, 6.07) is 6.77. The summed E-state index contributed by atoms with van der Waals surface area (Å²) < 4.78 is 61.5. The molecule has 1 aliphatic heterocycles. The molecule has 2 rings (SSSR count). The zero-order valence-corrected chi connectivity index (χ0v) is 17.6. The minimum absolute atomic E-state index is 0.182. The smallest absolute Gasteiger partial charge is 0.357 e. The van der Waals surface area contributed by atoms with Crippen LogP contribution in [0.4, 0.5) is 13.2 Å². The van der Waals surface area contributed by atoms with Crippen molar-refractivity contribution in [2.24, 2.45) is 4.99 Å². The van der Waals surface area contributed by atoms with E-state index in [-0.39, 0.29) is 37.9 Å². The van der Waals surface area contributed by atoms with Gasteiger partial charge >= 0.3 is 15.5 Å². The number of rotatable bonds is 6. The highest BCUT2D eigenvalue weighted by Gasteiger charge is 2.50. The van der Waals surface area contributed by atoms with Gasteiger partial charge in [0.2, 0.25) is 0 Å². The van der Waals surface area contributed by atoms with Crippen molar-refractivity contribution in [1.82, 2.24) is 20.3 Å². The first-order chi connectivity index (χ1) is 14.1. The largest absolute Gasteiger partial charge is 0.511 e. The van der Waals surface area contributed by atoms with Gasteiger partial charge in [0.25, 0.3) is 5.91 Å². The fourth-order valence-corrected chi connectivity index (χ4v) is 3.96. The van der Waals surface area contributed by atoms with Gasteiger partial charge in [0, 0.05) is 38.3 Å². The van der Waals surface area contributed by atoms with E-state index in [1.165, 1.54) is 0 Å². The third-order valence-electron chi connectivity index (χ3n) is 4.63. The van der Waals surface area contributed by atoms with Crippen LogP contribution < -0.4 is 16.0 Å². The molecule has 0 aromatic heterocycles. The monoisotopic (exact) mass is 449 g/mol. The molecule has 0 spiro atoms. The highest BCUT2D eigenvalue weighted by atomic mass is 32.2. The molecule has 3 N–H and O–H groups in total. The van der Waals surface area contributed by atoms with Gasteiger partial charge in [-0.1, -0.05) is 12.1 Å². The third-order valence-corrected chi connectivity index (χ3v) is 6.26. The number of nitrogens with one attached hydrogen (secondary N) is 3. The van der Waals surface area contributed by atoms with E-state index in [1.807, 2.05) is 6.92 Å². The molecular weight excluding hydrogens is 423 g/mol. The van der Waals surface area contributed by atoms with Crippen molar-refractivity contribution in [3.05, 3.63) is 35.4 Å². The Morgan fingerprint density at radius 3 is 2.30 bits per heavy atom. The summed E-state index contributed by atoms with van der Waals surface area (Å²) in [7, 11) is -3.73.